The Balaban J connectivity index is 2.17. The smallest absolute Gasteiger partial charge is 0.303 e. The maximum atomic E-state index is 13.5. The molecule has 0 aromatic carbocycles. The Hall–Kier alpha value is -1.20. The van der Waals surface area contributed by atoms with Crippen molar-refractivity contribution in [3.8, 4) is 0 Å². The third-order valence-electron chi connectivity index (χ3n) is 7.92. The SMILES string of the molecule is C=C[C@@]1(C)CC(=O)[C@H]2[C@](C)(O1)[C@@H](OC(C)=O)C[C@H]1C(C)(C)CC[C@H](N)[C@@]12C. The summed E-state index contributed by atoms with van der Waals surface area (Å²) >= 11 is 0. The molecule has 0 bridgehead atoms. The molecule has 3 fully saturated rings. The van der Waals surface area contributed by atoms with Crippen molar-refractivity contribution in [1.29, 1.82) is 0 Å². The number of ketones is 1. The molecule has 2 N–H and O–H groups in total. The van der Waals surface area contributed by atoms with Gasteiger partial charge in [0.1, 0.15) is 17.5 Å². The van der Waals surface area contributed by atoms with Crippen molar-refractivity contribution in [2.24, 2.45) is 28.4 Å². The second kappa shape index (κ2) is 6.15. The fourth-order valence-electron chi connectivity index (χ4n) is 6.61. The van der Waals surface area contributed by atoms with Crippen LogP contribution in [-0.2, 0) is 19.1 Å². The number of carbonyl (C=O) groups is 2. The van der Waals surface area contributed by atoms with E-state index in [9.17, 15) is 9.59 Å². The van der Waals surface area contributed by atoms with Gasteiger partial charge in [-0.25, -0.2) is 0 Å². The van der Waals surface area contributed by atoms with E-state index >= 15 is 0 Å². The number of nitrogens with two attached hydrogens (primary N) is 1. The third kappa shape index (κ3) is 2.89. The van der Waals surface area contributed by atoms with Gasteiger partial charge in [-0.15, -0.1) is 6.58 Å². The lowest BCUT2D eigenvalue weighted by Crippen LogP contribution is -2.74. The average molecular weight is 378 g/mol. The first-order chi connectivity index (χ1) is 12.3. The van der Waals surface area contributed by atoms with Crippen molar-refractivity contribution < 1.29 is 19.1 Å². The van der Waals surface area contributed by atoms with Gasteiger partial charge >= 0.3 is 5.97 Å². The van der Waals surface area contributed by atoms with E-state index in [-0.39, 0.29) is 35.5 Å². The van der Waals surface area contributed by atoms with Gasteiger partial charge in [-0.2, -0.15) is 0 Å². The summed E-state index contributed by atoms with van der Waals surface area (Å²) in [7, 11) is 0. The standard InChI is InChI=1S/C22H35NO4/c1-8-20(5)12-14(25)18-21(6)15(19(3,4)10-9-16(21)23)11-17(26-13(2)24)22(18,7)27-20/h8,15-18H,1,9-12,23H2,2-7H3/t15-,16-,17-,18+,20-,21+,22+/m0/s1. The molecule has 2 saturated carbocycles. The molecule has 5 nitrogen and oxygen atoms in total. The highest BCUT2D eigenvalue weighted by atomic mass is 16.6. The van der Waals surface area contributed by atoms with Crippen LogP contribution in [0.3, 0.4) is 0 Å². The number of Topliss-reactive ketones (excluding diaryl/α,β-unsaturated/α-hetero) is 1. The fraction of sp³-hybridized carbons (Fsp3) is 0.818. The topological polar surface area (TPSA) is 78.6 Å². The molecule has 1 heterocycles. The minimum absolute atomic E-state index is 0.0177. The fourth-order valence-corrected chi connectivity index (χ4v) is 6.61. The molecule has 5 heteroatoms. The van der Waals surface area contributed by atoms with Gasteiger partial charge in [0.05, 0.1) is 11.5 Å². The van der Waals surface area contributed by atoms with Crippen molar-refractivity contribution in [1.82, 2.24) is 0 Å². The summed E-state index contributed by atoms with van der Waals surface area (Å²) in [6.07, 6.45) is 4.03. The highest BCUT2D eigenvalue weighted by Gasteiger charge is 2.70. The Morgan fingerprint density at radius 2 is 1.93 bits per heavy atom. The summed E-state index contributed by atoms with van der Waals surface area (Å²) in [5.74, 6) is -0.431. The van der Waals surface area contributed by atoms with Crippen LogP contribution in [-0.4, -0.2) is 35.1 Å². The quantitative estimate of drug-likeness (QED) is 0.589. The molecule has 152 valence electrons. The molecule has 0 radical (unpaired) electrons. The van der Waals surface area contributed by atoms with Crippen LogP contribution < -0.4 is 5.73 Å². The zero-order chi connectivity index (χ0) is 20.4. The molecule has 0 aromatic rings. The van der Waals surface area contributed by atoms with E-state index in [4.69, 9.17) is 15.2 Å². The average Bonchev–Trinajstić information content (AvgIpc) is 2.52. The lowest BCUT2D eigenvalue weighted by atomic mass is 9.42. The summed E-state index contributed by atoms with van der Waals surface area (Å²) in [6.45, 7) is 15.8. The van der Waals surface area contributed by atoms with Crippen LogP contribution in [0.4, 0.5) is 0 Å². The van der Waals surface area contributed by atoms with Gasteiger partial charge in [-0.05, 0) is 49.9 Å². The normalized spacial score (nSPS) is 48.9. The molecule has 0 aromatic heterocycles. The van der Waals surface area contributed by atoms with E-state index < -0.39 is 28.6 Å². The Morgan fingerprint density at radius 3 is 2.48 bits per heavy atom. The minimum Gasteiger partial charge on any atom is -0.459 e. The van der Waals surface area contributed by atoms with Crippen LogP contribution in [0.5, 0.6) is 0 Å². The molecule has 7 atom stereocenters. The van der Waals surface area contributed by atoms with Crippen molar-refractivity contribution >= 4 is 11.8 Å². The molecular formula is C22H35NO4. The van der Waals surface area contributed by atoms with Crippen LogP contribution in [0.15, 0.2) is 12.7 Å². The van der Waals surface area contributed by atoms with Crippen LogP contribution in [0, 0.1) is 22.7 Å². The second-order valence-corrected chi connectivity index (χ2v) is 10.3. The van der Waals surface area contributed by atoms with Crippen molar-refractivity contribution in [3.05, 3.63) is 12.7 Å². The van der Waals surface area contributed by atoms with E-state index in [0.29, 0.717) is 6.42 Å². The van der Waals surface area contributed by atoms with Crippen molar-refractivity contribution in [2.45, 2.75) is 90.6 Å². The number of rotatable bonds is 2. The van der Waals surface area contributed by atoms with Gasteiger partial charge in [0.25, 0.3) is 0 Å². The highest BCUT2D eigenvalue weighted by molar-refractivity contribution is 5.86. The number of carbonyl (C=O) groups excluding carboxylic acids is 2. The molecule has 1 saturated heterocycles. The monoisotopic (exact) mass is 377 g/mol. The Labute approximate surface area is 163 Å². The summed E-state index contributed by atoms with van der Waals surface area (Å²) < 4.78 is 12.3. The summed E-state index contributed by atoms with van der Waals surface area (Å²) in [4.78, 5) is 25.4. The number of hydrogen-bond acceptors (Lipinski definition) is 5. The Bertz CT molecular complexity index is 673. The maximum absolute atomic E-state index is 13.5. The number of esters is 1. The van der Waals surface area contributed by atoms with E-state index in [1.807, 2.05) is 13.8 Å². The van der Waals surface area contributed by atoms with E-state index in [2.05, 4.69) is 27.4 Å². The Kier molecular flexibility index (Phi) is 4.68. The maximum Gasteiger partial charge on any atom is 0.303 e. The van der Waals surface area contributed by atoms with Crippen molar-refractivity contribution in [2.75, 3.05) is 0 Å². The summed E-state index contributed by atoms with van der Waals surface area (Å²) in [6, 6.07) is -0.0845. The van der Waals surface area contributed by atoms with Gasteiger partial charge in [0, 0.05) is 19.4 Å². The zero-order valence-corrected chi connectivity index (χ0v) is 17.6. The highest BCUT2D eigenvalue weighted by Crippen LogP contribution is 2.64. The first-order valence-electron chi connectivity index (χ1n) is 10.1. The molecule has 1 aliphatic heterocycles. The van der Waals surface area contributed by atoms with E-state index in [1.54, 1.807) is 6.08 Å². The number of ether oxygens (including phenoxy) is 2. The summed E-state index contributed by atoms with van der Waals surface area (Å²) in [5.41, 5.74) is 4.62. The van der Waals surface area contributed by atoms with Crippen LogP contribution in [0.25, 0.3) is 0 Å². The molecular weight excluding hydrogens is 342 g/mol. The summed E-state index contributed by atoms with van der Waals surface area (Å²) in [5, 5.41) is 0. The lowest BCUT2D eigenvalue weighted by molar-refractivity contribution is -0.282. The molecule has 0 amide bonds. The molecule has 0 spiro atoms. The van der Waals surface area contributed by atoms with Gasteiger partial charge in [-0.3, -0.25) is 9.59 Å². The second-order valence-electron chi connectivity index (χ2n) is 10.3. The minimum atomic E-state index is -0.916. The number of hydrogen-bond donors (Lipinski definition) is 1. The van der Waals surface area contributed by atoms with Gasteiger partial charge in [-0.1, -0.05) is 26.8 Å². The first-order valence-corrected chi connectivity index (χ1v) is 10.1. The van der Waals surface area contributed by atoms with E-state index in [1.165, 1.54) is 6.92 Å². The number of fused-ring (bicyclic) bond motifs is 3. The first kappa shape index (κ1) is 20.5. The molecule has 2 aliphatic carbocycles. The predicted octanol–water partition coefficient (Wildman–Crippen LogP) is 3.40. The zero-order valence-electron chi connectivity index (χ0n) is 17.6. The van der Waals surface area contributed by atoms with Gasteiger partial charge in [0.15, 0.2) is 0 Å². The van der Waals surface area contributed by atoms with E-state index in [0.717, 1.165) is 12.8 Å². The largest absolute Gasteiger partial charge is 0.459 e. The van der Waals surface area contributed by atoms with Crippen LogP contribution in [0.2, 0.25) is 0 Å². The van der Waals surface area contributed by atoms with Gasteiger partial charge in [0.2, 0.25) is 0 Å². The molecule has 27 heavy (non-hydrogen) atoms. The van der Waals surface area contributed by atoms with Crippen LogP contribution >= 0.6 is 0 Å². The molecule has 3 aliphatic rings. The van der Waals surface area contributed by atoms with Crippen LogP contribution in [0.1, 0.15) is 67.2 Å². The predicted molar refractivity (Wildman–Crippen MR) is 104 cm³/mol. The third-order valence-corrected chi connectivity index (χ3v) is 7.92. The van der Waals surface area contributed by atoms with Crippen molar-refractivity contribution in [3.63, 3.8) is 0 Å². The molecule has 0 unspecified atom stereocenters. The Morgan fingerprint density at radius 1 is 1.30 bits per heavy atom. The lowest BCUT2D eigenvalue weighted by Gasteiger charge is -2.67. The van der Waals surface area contributed by atoms with Gasteiger partial charge < -0.3 is 15.2 Å². The molecule has 3 rings (SSSR count).